The molecule has 0 saturated carbocycles. The van der Waals surface area contributed by atoms with Crippen molar-refractivity contribution in [2.45, 2.75) is 46.5 Å². The van der Waals surface area contributed by atoms with Gasteiger partial charge in [-0.3, -0.25) is 20.2 Å². The minimum atomic E-state index is -4.91. The third-order valence-electron chi connectivity index (χ3n) is 11.7. The first-order valence-electron chi connectivity index (χ1n) is 24.0. The quantitative estimate of drug-likeness (QED) is 0.0271. The van der Waals surface area contributed by atoms with Crippen LogP contribution in [0.4, 0.5) is 95.1 Å². The fourth-order valence-corrected chi connectivity index (χ4v) is 7.70. The SMILES string of the molecule is C.Cc1c(C#N)c(NCCc2ccccc2)nc(Nc2ccccc2)c1N=Nc1ccc([N+](=O)[O-])cc1C(F)(F)F.Cc1c(C#N)c(Nc2ccccc2)nc(NCCc2ccccc2)c1N=Nc1ccc([N+](=O)[O-])cc1C(F)(F)F. The second-order valence-electron chi connectivity index (χ2n) is 17.2. The Labute approximate surface area is 459 Å². The molecule has 0 aliphatic carbocycles. The van der Waals surface area contributed by atoms with Gasteiger partial charge in [-0.1, -0.05) is 104 Å². The number of nitro benzene ring substituents is 2. The van der Waals surface area contributed by atoms with Crippen molar-refractivity contribution in [3.8, 4) is 12.1 Å². The summed E-state index contributed by atoms with van der Waals surface area (Å²) < 4.78 is 82.1. The predicted molar refractivity (Wildman–Crippen MR) is 295 cm³/mol. The molecule has 0 atom stereocenters. The summed E-state index contributed by atoms with van der Waals surface area (Å²) >= 11 is 0. The summed E-state index contributed by atoms with van der Waals surface area (Å²) in [4.78, 5) is 29.3. The van der Waals surface area contributed by atoms with Crippen LogP contribution in [-0.2, 0) is 25.2 Å². The number of halogens is 6. The molecule has 2 aromatic heterocycles. The van der Waals surface area contributed by atoms with E-state index in [1.165, 1.54) is 0 Å². The van der Waals surface area contributed by atoms with Gasteiger partial charge in [0.15, 0.2) is 17.5 Å². The Morgan fingerprint density at radius 3 is 1.26 bits per heavy atom. The predicted octanol–water partition coefficient (Wildman–Crippen LogP) is 16.6. The molecule has 8 rings (SSSR count). The van der Waals surface area contributed by atoms with E-state index in [1.807, 2.05) is 84.9 Å². The Morgan fingerprint density at radius 2 is 0.864 bits per heavy atom. The zero-order chi connectivity index (χ0) is 57.4. The van der Waals surface area contributed by atoms with Crippen LogP contribution < -0.4 is 21.3 Å². The average molecular weight is 1110 g/mol. The molecule has 412 valence electrons. The van der Waals surface area contributed by atoms with Crippen LogP contribution in [-0.4, -0.2) is 32.9 Å². The van der Waals surface area contributed by atoms with Crippen LogP contribution in [0.15, 0.2) is 178 Å². The fraction of sp³-hybridized carbons (Fsp3) is 0.158. The number of anilines is 6. The number of pyridine rings is 2. The number of aromatic nitrogens is 2. The number of para-hydroxylation sites is 2. The molecule has 0 fully saturated rings. The Bertz CT molecular complexity index is 3650. The lowest BCUT2D eigenvalue weighted by molar-refractivity contribution is -0.385. The first-order chi connectivity index (χ1) is 38.3. The molecule has 0 bridgehead atoms. The van der Waals surface area contributed by atoms with Crippen molar-refractivity contribution >= 4 is 68.8 Å². The van der Waals surface area contributed by atoms with Gasteiger partial charge in [-0.25, -0.2) is 9.97 Å². The molecule has 0 saturated heterocycles. The molecule has 0 amide bonds. The Balaban J connectivity index is 0.000000258. The van der Waals surface area contributed by atoms with Crippen molar-refractivity contribution in [3.05, 3.63) is 222 Å². The lowest BCUT2D eigenvalue weighted by Gasteiger charge is -2.16. The van der Waals surface area contributed by atoms with Crippen LogP contribution in [0.2, 0.25) is 0 Å². The van der Waals surface area contributed by atoms with Crippen molar-refractivity contribution in [2.75, 3.05) is 34.4 Å². The summed E-state index contributed by atoms with van der Waals surface area (Å²) in [7, 11) is 0. The Hall–Kier alpha value is -10.6. The monoisotopic (exact) mass is 1110 g/mol. The van der Waals surface area contributed by atoms with Gasteiger partial charge >= 0.3 is 12.4 Å². The number of hydrogen-bond donors (Lipinski definition) is 4. The highest BCUT2D eigenvalue weighted by Gasteiger charge is 2.37. The van der Waals surface area contributed by atoms with Gasteiger partial charge in [0.2, 0.25) is 0 Å². The first-order valence-corrected chi connectivity index (χ1v) is 24.0. The topological polar surface area (TPSA) is 257 Å². The normalized spacial score (nSPS) is 11.1. The van der Waals surface area contributed by atoms with E-state index in [4.69, 9.17) is 0 Å². The maximum absolute atomic E-state index is 13.7. The van der Waals surface area contributed by atoms with Gasteiger partial charge in [0.25, 0.3) is 11.4 Å². The summed E-state index contributed by atoms with van der Waals surface area (Å²) in [5.74, 6) is 0.868. The van der Waals surface area contributed by atoms with Gasteiger partial charge in [0, 0.05) is 59.9 Å². The second kappa shape index (κ2) is 27.1. The molecule has 0 spiro atoms. The molecule has 0 radical (unpaired) electrons. The summed E-state index contributed by atoms with van der Waals surface area (Å²) in [6.07, 6.45) is -8.55. The smallest absolute Gasteiger partial charge is 0.369 e. The number of nitrogens with zero attached hydrogens (tertiary/aromatic N) is 10. The molecule has 4 N–H and O–H groups in total. The van der Waals surface area contributed by atoms with Crippen LogP contribution in [0.1, 0.15) is 51.9 Å². The van der Waals surface area contributed by atoms with Crippen molar-refractivity contribution in [1.82, 2.24) is 9.97 Å². The van der Waals surface area contributed by atoms with Gasteiger partial charge in [0.1, 0.15) is 29.3 Å². The second-order valence-corrected chi connectivity index (χ2v) is 17.2. The average Bonchev–Trinajstić information content (AvgIpc) is 3.64. The summed E-state index contributed by atoms with van der Waals surface area (Å²) in [6.45, 7) is 4.05. The summed E-state index contributed by atoms with van der Waals surface area (Å²) in [6, 6.07) is 45.9. The van der Waals surface area contributed by atoms with Gasteiger partial charge in [-0.15, -0.1) is 20.5 Å². The Kier molecular flexibility index (Phi) is 20.0. The van der Waals surface area contributed by atoms with E-state index in [9.17, 15) is 57.1 Å². The number of benzene rings is 6. The van der Waals surface area contributed by atoms with Crippen LogP contribution in [0.5, 0.6) is 0 Å². The summed E-state index contributed by atoms with van der Waals surface area (Å²) in [5, 5.41) is 70.1. The zero-order valence-corrected chi connectivity index (χ0v) is 42.2. The number of nitro groups is 2. The standard InChI is InChI=1S/2C28H22F3N7O2.CH4/c1-18-22(17-32)26(34-20-10-6-3-7-11-20)35-27(33-15-14-19-8-4-2-5-9-19)25(18)37-36-24-13-12-21(38(39)40)16-23(24)28(29,30)31;1-18-22(17-32)26(33-15-14-19-8-4-2-5-9-19)35-27(34-20-10-6-3-7-11-20)25(18)37-36-24-13-12-21(38(39)40)16-23(24)28(29,30)31;/h2*2-13,16H,14-15H2,1H3,(H2,33,34,35);1H4. The number of nitriles is 2. The van der Waals surface area contributed by atoms with E-state index in [2.05, 4.69) is 63.8 Å². The lowest BCUT2D eigenvalue weighted by Crippen LogP contribution is -2.10. The van der Waals surface area contributed by atoms with Crippen LogP contribution in [0.3, 0.4) is 0 Å². The summed E-state index contributed by atoms with van der Waals surface area (Å²) in [5.41, 5.74) is -0.822. The molecule has 81 heavy (non-hydrogen) atoms. The van der Waals surface area contributed by atoms with E-state index in [1.54, 1.807) is 50.2 Å². The molecule has 18 nitrogen and oxygen atoms in total. The minimum absolute atomic E-state index is 0. The van der Waals surface area contributed by atoms with E-state index in [0.29, 0.717) is 60.6 Å². The maximum Gasteiger partial charge on any atom is 0.418 e. The highest BCUT2D eigenvalue weighted by molar-refractivity contribution is 5.78. The minimum Gasteiger partial charge on any atom is -0.369 e. The van der Waals surface area contributed by atoms with Gasteiger partial charge in [-0.2, -0.15) is 36.9 Å². The van der Waals surface area contributed by atoms with Crippen LogP contribution in [0.25, 0.3) is 0 Å². The first kappa shape index (κ1) is 59.6. The van der Waals surface area contributed by atoms with Crippen molar-refractivity contribution in [1.29, 1.82) is 10.5 Å². The van der Waals surface area contributed by atoms with E-state index in [-0.39, 0.29) is 53.2 Å². The fourth-order valence-electron chi connectivity index (χ4n) is 7.70. The van der Waals surface area contributed by atoms with E-state index >= 15 is 0 Å². The lowest BCUT2D eigenvalue weighted by atomic mass is 10.1. The zero-order valence-electron chi connectivity index (χ0n) is 42.2. The number of non-ortho nitro benzene ring substituents is 2. The molecular formula is C57H48F6N14O4. The van der Waals surface area contributed by atoms with Gasteiger partial charge in [-0.05, 0) is 74.2 Å². The van der Waals surface area contributed by atoms with Crippen LogP contribution in [0, 0.1) is 56.7 Å². The number of azo groups is 2. The highest BCUT2D eigenvalue weighted by atomic mass is 19.4. The van der Waals surface area contributed by atoms with E-state index in [0.717, 1.165) is 35.4 Å². The number of hydrogen-bond acceptors (Lipinski definition) is 16. The number of nitrogens with one attached hydrogen (secondary N) is 4. The third-order valence-corrected chi connectivity index (χ3v) is 11.7. The molecule has 6 aromatic carbocycles. The highest BCUT2D eigenvalue weighted by Crippen LogP contribution is 2.43. The molecule has 0 unspecified atom stereocenters. The molecule has 0 aliphatic heterocycles. The van der Waals surface area contributed by atoms with Crippen LogP contribution >= 0.6 is 0 Å². The third kappa shape index (κ3) is 15.8. The van der Waals surface area contributed by atoms with Crippen molar-refractivity contribution < 1.29 is 36.2 Å². The number of rotatable bonds is 18. The largest absolute Gasteiger partial charge is 0.418 e. The number of alkyl halides is 6. The molecular weight excluding hydrogens is 1060 g/mol. The maximum atomic E-state index is 13.7. The van der Waals surface area contributed by atoms with Crippen molar-refractivity contribution in [2.24, 2.45) is 20.5 Å². The molecule has 0 aliphatic rings. The Morgan fingerprint density at radius 1 is 0.506 bits per heavy atom. The van der Waals surface area contributed by atoms with Gasteiger partial charge < -0.3 is 21.3 Å². The molecule has 24 heteroatoms. The van der Waals surface area contributed by atoms with Gasteiger partial charge in [0.05, 0.1) is 43.5 Å². The molecule has 2 heterocycles. The molecule has 8 aromatic rings. The van der Waals surface area contributed by atoms with E-state index < -0.39 is 56.1 Å². The van der Waals surface area contributed by atoms with Crippen molar-refractivity contribution in [3.63, 3.8) is 0 Å².